The number of carboxylic acid groups (broad SMARTS) is 2. The lowest BCUT2D eigenvalue weighted by Crippen LogP contribution is -2.34. The van der Waals surface area contributed by atoms with E-state index in [0.717, 1.165) is 31.5 Å². The summed E-state index contributed by atoms with van der Waals surface area (Å²) in [5.74, 6) is -2.85. The van der Waals surface area contributed by atoms with Crippen molar-refractivity contribution in [2.75, 3.05) is 22.7 Å². The highest BCUT2D eigenvalue weighted by Crippen LogP contribution is 2.30. The minimum atomic E-state index is -5.08. The number of anilines is 2. The van der Waals surface area contributed by atoms with Crippen molar-refractivity contribution in [2.45, 2.75) is 37.8 Å². The largest absolute Gasteiger partial charge is 0.490 e. The Morgan fingerprint density at radius 3 is 2.12 bits per heavy atom. The third-order valence-electron chi connectivity index (χ3n) is 5.01. The summed E-state index contributed by atoms with van der Waals surface area (Å²) >= 11 is 0. The number of carbonyl (C=O) groups is 2. The number of hydrogen-bond acceptors (Lipinski definition) is 6. The second kappa shape index (κ2) is 10.7. The van der Waals surface area contributed by atoms with Crippen molar-refractivity contribution in [3.8, 4) is 0 Å². The lowest BCUT2D eigenvalue weighted by Gasteiger charge is -2.32. The van der Waals surface area contributed by atoms with Crippen LogP contribution < -0.4 is 9.62 Å². The van der Waals surface area contributed by atoms with Crippen LogP contribution in [0.15, 0.2) is 41.4 Å². The van der Waals surface area contributed by atoms with Crippen LogP contribution in [-0.2, 0) is 14.8 Å². The molecule has 34 heavy (non-hydrogen) atoms. The first-order chi connectivity index (χ1) is 15.7. The fourth-order valence-corrected chi connectivity index (χ4v) is 4.10. The molecule has 0 spiro atoms. The Morgan fingerprint density at radius 2 is 1.65 bits per heavy atom. The van der Waals surface area contributed by atoms with E-state index in [1.54, 1.807) is 12.1 Å². The van der Waals surface area contributed by atoms with Gasteiger partial charge in [0.05, 0.1) is 16.1 Å². The summed E-state index contributed by atoms with van der Waals surface area (Å²) in [6.45, 7) is 5.55. The van der Waals surface area contributed by atoms with Gasteiger partial charge in [-0.15, -0.1) is 0 Å². The molecule has 0 amide bonds. The van der Waals surface area contributed by atoms with Gasteiger partial charge in [0.1, 0.15) is 0 Å². The smallest absolute Gasteiger partial charge is 0.478 e. The fraction of sp³-hybridized carbons (Fsp3) is 0.381. The number of pyridine rings is 1. The van der Waals surface area contributed by atoms with Crippen LogP contribution in [0.25, 0.3) is 0 Å². The summed E-state index contributed by atoms with van der Waals surface area (Å²) in [6.07, 6.45) is -1.86. The van der Waals surface area contributed by atoms with E-state index >= 15 is 0 Å². The van der Waals surface area contributed by atoms with Crippen molar-refractivity contribution in [3.05, 3.63) is 47.7 Å². The van der Waals surface area contributed by atoms with Crippen molar-refractivity contribution < 1.29 is 41.4 Å². The number of aliphatic carboxylic acids is 1. The standard InChI is InChI=1S/C19H23N3O4S.C2HF3O2/c1-13-3-5-16(6-4-13)27(25,26)21-17-11-15(19(23)24)12-20-18(17)22-9-7-14(2)8-10-22;3-2(4,5)1(6)7/h3-6,11-12,14,21H,7-10H2,1-2H3,(H,23,24);(H,6,7). The number of sulfonamides is 1. The zero-order valence-corrected chi connectivity index (χ0v) is 19.2. The second-order valence-electron chi connectivity index (χ2n) is 7.79. The maximum absolute atomic E-state index is 12.8. The van der Waals surface area contributed by atoms with Crippen LogP contribution in [0.4, 0.5) is 24.7 Å². The van der Waals surface area contributed by atoms with Crippen LogP contribution in [0.5, 0.6) is 0 Å². The number of carboxylic acids is 2. The summed E-state index contributed by atoms with van der Waals surface area (Å²) in [4.78, 5) is 26.6. The van der Waals surface area contributed by atoms with Gasteiger partial charge in [0.2, 0.25) is 0 Å². The van der Waals surface area contributed by atoms with Crippen LogP contribution in [-0.4, -0.2) is 54.8 Å². The number of aromatic carboxylic acids is 1. The number of benzene rings is 1. The summed E-state index contributed by atoms with van der Waals surface area (Å²) in [7, 11) is -3.85. The van der Waals surface area contributed by atoms with E-state index in [1.165, 1.54) is 24.4 Å². The zero-order valence-electron chi connectivity index (χ0n) is 18.3. The quantitative estimate of drug-likeness (QED) is 0.561. The number of aromatic nitrogens is 1. The van der Waals surface area contributed by atoms with Gasteiger partial charge < -0.3 is 15.1 Å². The van der Waals surface area contributed by atoms with Crippen molar-refractivity contribution >= 4 is 33.5 Å². The van der Waals surface area contributed by atoms with Crippen LogP contribution in [0.2, 0.25) is 0 Å². The second-order valence-corrected chi connectivity index (χ2v) is 9.47. The molecule has 0 aliphatic carbocycles. The normalized spacial score (nSPS) is 14.7. The molecule has 1 aromatic carbocycles. The number of hydrogen-bond donors (Lipinski definition) is 3. The Balaban J connectivity index is 0.000000509. The monoisotopic (exact) mass is 503 g/mol. The predicted octanol–water partition coefficient (Wildman–Crippen LogP) is 3.76. The summed E-state index contributed by atoms with van der Waals surface area (Å²) in [6, 6.07) is 7.80. The van der Waals surface area contributed by atoms with Gasteiger partial charge in [-0.25, -0.2) is 23.0 Å². The number of halogens is 3. The molecule has 1 saturated heterocycles. The van der Waals surface area contributed by atoms with E-state index in [4.69, 9.17) is 9.90 Å². The SMILES string of the molecule is Cc1ccc(S(=O)(=O)Nc2cc(C(=O)O)cnc2N2CCC(C)CC2)cc1.O=C(O)C(F)(F)F. The summed E-state index contributed by atoms with van der Waals surface area (Å²) in [5.41, 5.74) is 1.07. The maximum atomic E-state index is 12.8. The number of nitrogens with one attached hydrogen (secondary N) is 1. The van der Waals surface area contributed by atoms with E-state index in [2.05, 4.69) is 16.6 Å². The van der Waals surface area contributed by atoms with E-state index in [1.807, 2.05) is 11.8 Å². The lowest BCUT2D eigenvalue weighted by atomic mass is 9.99. The van der Waals surface area contributed by atoms with Gasteiger partial charge in [0.25, 0.3) is 10.0 Å². The van der Waals surface area contributed by atoms with Crippen LogP contribution in [0, 0.1) is 12.8 Å². The number of alkyl halides is 3. The highest BCUT2D eigenvalue weighted by Gasteiger charge is 2.38. The molecular formula is C21H24F3N3O6S. The minimum absolute atomic E-state index is 0.0641. The molecule has 1 aliphatic heterocycles. The van der Waals surface area contributed by atoms with Gasteiger partial charge in [-0.3, -0.25) is 4.72 Å². The molecule has 0 atom stereocenters. The number of nitrogens with zero attached hydrogens (tertiary/aromatic N) is 2. The lowest BCUT2D eigenvalue weighted by molar-refractivity contribution is -0.192. The third kappa shape index (κ3) is 7.33. The molecule has 1 aromatic heterocycles. The first kappa shape index (κ1) is 26.9. The molecule has 2 aromatic rings. The van der Waals surface area contributed by atoms with Gasteiger partial charge in [0, 0.05) is 19.3 Å². The third-order valence-corrected chi connectivity index (χ3v) is 6.40. The topological polar surface area (TPSA) is 137 Å². The Kier molecular flexibility index (Phi) is 8.48. The van der Waals surface area contributed by atoms with Crippen LogP contribution >= 0.6 is 0 Å². The molecule has 0 radical (unpaired) electrons. The van der Waals surface area contributed by atoms with Gasteiger partial charge in [-0.05, 0) is 43.9 Å². The molecule has 3 rings (SSSR count). The predicted molar refractivity (Wildman–Crippen MR) is 117 cm³/mol. The first-order valence-corrected chi connectivity index (χ1v) is 11.6. The highest BCUT2D eigenvalue weighted by atomic mass is 32.2. The molecule has 1 fully saturated rings. The number of aryl methyl sites for hydroxylation is 1. The Hall–Kier alpha value is -3.35. The van der Waals surface area contributed by atoms with Gasteiger partial charge >= 0.3 is 18.1 Å². The van der Waals surface area contributed by atoms with E-state index in [0.29, 0.717) is 11.7 Å². The molecule has 0 unspecified atom stereocenters. The van der Waals surface area contributed by atoms with Crippen LogP contribution in [0.1, 0.15) is 35.7 Å². The van der Waals surface area contributed by atoms with Crippen molar-refractivity contribution in [2.24, 2.45) is 5.92 Å². The van der Waals surface area contributed by atoms with Crippen molar-refractivity contribution in [1.29, 1.82) is 0 Å². The molecular weight excluding hydrogens is 479 g/mol. The highest BCUT2D eigenvalue weighted by molar-refractivity contribution is 7.92. The Bertz CT molecular complexity index is 1130. The minimum Gasteiger partial charge on any atom is -0.478 e. The Labute approximate surface area is 194 Å². The van der Waals surface area contributed by atoms with E-state index in [-0.39, 0.29) is 16.1 Å². The van der Waals surface area contributed by atoms with Crippen molar-refractivity contribution in [1.82, 2.24) is 4.98 Å². The van der Waals surface area contributed by atoms with Crippen LogP contribution in [0.3, 0.4) is 0 Å². The molecule has 2 heterocycles. The van der Waals surface area contributed by atoms with Crippen molar-refractivity contribution in [3.63, 3.8) is 0 Å². The summed E-state index contributed by atoms with van der Waals surface area (Å²) in [5, 5.41) is 16.4. The Morgan fingerprint density at radius 1 is 1.12 bits per heavy atom. The summed E-state index contributed by atoms with van der Waals surface area (Å²) < 4.78 is 59.8. The molecule has 0 bridgehead atoms. The average Bonchev–Trinajstić information content (AvgIpc) is 2.74. The van der Waals surface area contributed by atoms with Gasteiger partial charge in [-0.1, -0.05) is 24.6 Å². The molecule has 0 saturated carbocycles. The molecule has 186 valence electrons. The zero-order chi connectivity index (χ0) is 25.7. The molecule has 3 N–H and O–H groups in total. The van der Waals surface area contributed by atoms with Gasteiger partial charge in [0.15, 0.2) is 5.82 Å². The maximum Gasteiger partial charge on any atom is 0.490 e. The first-order valence-electron chi connectivity index (χ1n) is 10.1. The van der Waals surface area contributed by atoms with E-state index in [9.17, 15) is 31.5 Å². The molecule has 13 heteroatoms. The average molecular weight is 503 g/mol. The molecule has 1 aliphatic rings. The van der Waals surface area contributed by atoms with E-state index < -0.39 is 28.1 Å². The number of rotatable bonds is 5. The number of piperidine rings is 1. The fourth-order valence-electron chi connectivity index (χ4n) is 3.04. The molecule has 9 nitrogen and oxygen atoms in total. The van der Waals surface area contributed by atoms with Gasteiger partial charge in [-0.2, -0.15) is 13.2 Å².